The van der Waals surface area contributed by atoms with E-state index in [1.807, 2.05) is 30.3 Å². The van der Waals surface area contributed by atoms with Gasteiger partial charge in [-0.3, -0.25) is 0 Å². The summed E-state index contributed by atoms with van der Waals surface area (Å²) in [4.78, 5) is 4.60. The zero-order chi connectivity index (χ0) is 51.6. The van der Waals surface area contributed by atoms with Crippen molar-refractivity contribution in [1.82, 2.24) is 25.8 Å². The van der Waals surface area contributed by atoms with Crippen molar-refractivity contribution in [2.45, 2.75) is 93.8 Å². The van der Waals surface area contributed by atoms with Gasteiger partial charge >= 0.3 is 0 Å². The third kappa shape index (κ3) is 18.7. The van der Waals surface area contributed by atoms with Crippen LogP contribution in [0.2, 0.25) is 25.1 Å². The average Bonchev–Trinajstić information content (AvgIpc) is 3.37. The Morgan fingerprint density at radius 2 is 0.806 bits per heavy atom. The molecular weight excluding hydrogens is 1030 g/mol. The minimum absolute atomic E-state index is 0.163. The highest BCUT2D eigenvalue weighted by Gasteiger charge is 2.23. The Balaban J connectivity index is 0.000000147. The molecule has 5 aromatic rings. The van der Waals surface area contributed by atoms with Gasteiger partial charge in [-0.15, -0.1) is 0 Å². The van der Waals surface area contributed by atoms with Crippen LogP contribution in [0.1, 0.15) is 122 Å². The van der Waals surface area contributed by atoms with Crippen LogP contribution in [-0.4, -0.2) is 89.3 Å². The van der Waals surface area contributed by atoms with Crippen molar-refractivity contribution in [3.8, 4) is 0 Å². The summed E-state index contributed by atoms with van der Waals surface area (Å²) in [5, 5.41) is 12.6. The van der Waals surface area contributed by atoms with E-state index in [0.717, 1.165) is 150 Å². The minimum atomic E-state index is -0.496. The standard InChI is InChI=1S/C12H15Cl2N.C12H15F2N.3C11H13ClFN/c2*1-15-6-4-9(5-7-15)11-3-2-10(13)8-12(11)14;12-10-5-9(6-11(13)7-10)8-1-3-14-4-2-8;12-9-1-2-10(11(13)7-9)8-3-5-14-6-4-8;12-10-7-9(1-2-11(10)13)8-3-5-14-6-4-8/h2*2-3,8-9H,4-7H2,1H3;5-8,14H,1-4H2;2*1-2,7-8,14H,3-6H2. The fourth-order valence-corrected chi connectivity index (χ4v) is 11.3. The number of rotatable bonds is 5. The smallest absolute Gasteiger partial charge is 0.141 e. The predicted molar refractivity (Wildman–Crippen MR) is 291 cm³/mol. The maximum Gasteiger partial charge on any atom is 0.141 e. The molecule has 5 aromatic carbocycles. The lowest BCUT2D eigenvalue weighted by Crippen LogP contribution is -2.29. The van der Waals surface area contributed by atoms with Gasteiger partial charge in [0.25, 0.3) is 0 Å². The van der Waals surface area contributed by atoms with E-state index < -0.39 is 11.6 Å². The van der Waals surface area contributed by atoms with Crippen LogP contribution in [0.3, 0.4) is 0 Å². The summed E-state index contributed by atoms with van der Waals surface area (Å²) in [7, 11) is 4.23. The summed E-state index contributed by atoms with van der Waals surface area (Å²) in [6.07, 6.45) is 10.7. The van der Waals surface area contributed by atoms with Gasteiger partial charge in [-0.2, -0.15) is 0 Å². The second-order valence-electron chi connectivity index (χ2n) is 19.6. The first-order valence-electron chi connectivity index (χ1n) is 25.4. The molecule has 0 radical (unpaired) electrons. The Morgan fingerprint density at radius 1 is 0.361 bits per heavy atom. The van der Waals surface area contributed by atoms with E-state index in [4.69, 9.17) is 58.0 Å². The van der Waals surface area contributed by atoms with Crippen molar-refractivity contribution < 1.29 is 22.0 Å². The highest BCUT2D eigenvalue weighted by molar-refractivity contribution is 6.35. The highest BCUT2D eigenvalue weighted by Crippen LogP contribution is 2.35. The molecule has 0 unspecified atom stereocenters. The van der Waals surface area contributed by atoms with Crippen molar-refractivity contribution in [1.29, 1.82) is 0 Å². The van der Waals surface area contributed by atoms with Crippen LogP contribution in [-0.2, 0) is 0 Å². The van der Waals surface area contributed by atoms with Crippen LogP contribution < -0.4 is 16.0 Å². The summed E-state index contributed by atoms with van der Waals surface area (Å²) in [5.74, 6) is 0.591. The highest BCUT2D eigenvalue weighted by atomic mass is 35.5. The van der Waals surface area contributed by atoms with Gasteiger partial charge in [-0.25, -0.2) is 22.0 Å². The number of likely N-dealkylation sites (tertiary alicyclic amines) is 2. The summed E-state index contributed by atoms with van der Waals surface area (Å²) >= 11 is 29.3. The van der Waals surface area contributed by atoms with Gasteiger partial charge in [0.2, 0.25) is 0 Å². The number of hydrogen-bond donors (Lipinski definition) is 3. The van der Waals surface area contributed by atoms with Gasteiger partial charge in [0.1, 0.15) is 29.1 Å². The van der Waals surface area contributed by atoms with Gasteiger partial charge in [0, 0.05) is 26.2 Å². The summed E-state index contributed by atoms with van der Waals surface area (Å²) < 4.78 is 65.7. The summed E-state index contributed by atoms with van der Waals surface area (Å²) in [6.45, 7) is 10.4. The third-order valence-electron chi connectivity index (χ3n) is 14.4. The van der Waals surface area contributed by atoms with Crippen LogP contribution in [0, 0.1) is 29.1 Å². The molecule has 10 rings (SSSR count). The SMILES string of the molecule is CN1CCC(c2ccc(Cl)cc2Cl)CC1.CN1CCC(c2ccc(F)cc2F)CC1.Fc1cc(Cl)cc(C2CCNCC2)c1.Fc1cc(Cl)ccc1C1CCNCC1.Fc1ccc(C2CCNCC2)cc1Cl. The molecule has 0 aliphatic carbocycles. The van der Waals surface area contributed by atoms with Crippen molar-refractivity contribution in [2.75, 3.05) is 79.5 Å². The fourth-order valence-electron chi connectivity index (χ4n) is 10.2. The fraction of sp³-hybridized carbons (Fsp3) is 0.474. The van der Waals surface area contributed by atoms with Crippen LogP contribution >= 0.6 is 58.0 Å². The van der Waals surface area contributed by atoms with Crippen LogP contribution in [0.4, 0.5) is 22.0 Å². The molecule has 5 heterocycles. The van der Waals surface area contributed by atoms with E-state index in [0.29, 0.717) is 39.3 Å². The number of hydrogen-bond acceptors (Lipinski definition) is 5. The van der Waals surface area contributed by atoms with Gasteiger partial charge in [0.15, 0.2) is 0 Å². The van der Waals surface area contributed by atoms with E-state index in [1.54, 1.807) is 24.3 Å². The maximum absolute atomic E-state index is 13.5. The van der Waals surface area contributed by atoms with Crippen LogP contribution in [0.25, 0.3) is 0 Å². The second-order valence-corrected chi connectivity index (χ2v) is 21.7. The van der Waals surface area contributed by atoms with Crippen LogP contribution in [0.15, 0.2) is 91.0 Å². The number of nitrogens with one attached hydrogen (secondary N) is 3. The maximum atomic E-state index is 13.5. The van der Waals surface area contributed by atoms with Gasteiger partial charge in [-0.1, -0.05) is 82.3 Å². The first-order chi connectivity index (χ1) is 34.6. The lowest BCUT2D eigenvalue weighted by molar-refractivity contribution is 0.253. The first-order valence-corrected chi connectivity index (χ1v) is 27.3. The molecule has 5 aliphatic heterocycles. The first kappa shape index (κ1) is 58.3. The molecule has 5 aliphatic rings. The zero-order valence-electron chi connectivity index (χ0n) is 41.4. The average molecular weight is 1100 g/mol. The Hall–Kier alpha value is -3.00. The minimum Gasteiger partial charge on any atom is -0.317 e. The summed E-state index contributed by atoms with van der Waals surface area (Å²) in [5.41, 5.74) is 4.95. The molecule has 72 heavy (non-hydrogen) atoms. The van der Waals surface area contributed by atoms with E-state index in [9.17, 15) is 22.0 Å². The predicted octanol–water partition coefficient (Wildman–Crippen LogP) is 15.4. The molecule has 3 N–H and O–H groups in total. The lowest BCUT2D eigenvalue weighted by Gasteiger charge is -2.29. The Kier molecular flexibility index (Phi) is 24.2. The van der Waals surface area contributed by atoms with E-state index in [-0.39, 0.29) is 28.4 Å². The number of benzene rings is 5. The second kappa shape index (κ2) is 29.9. The molecule has 15 heteroatoms. The van der Waals surface area contributed by atoms with E-state index >= 15 is 0 Å². The Labute approximate surface area is 449 Å². The third-order valence-corrected chi connectivity index (χ3v) is 15.7. The van der Waals surface area contributed by atoms with E-state index in [2.05, 4.69) is 45.9 Å². The Bertz CT molecular complexity index is 2340. The van der Waals surface area contributed by atoms with Gasteiger partial charge in [0.05, 0.1) is 5.02 Å². The molecule has 0 saturated carbocycles. The number of halogens is 10. The quantitative estimate of drug-likeness (QED) is 0.153. The number of nitrogens with zero attached hydrogens (tertiary/aromatic N) is 2. The monoisotopic (exact) mass is 1090 g/mol. The molecule has 0 bridgehead atoms. The molecule has 0 atom stereocenters. The molecule has 0 spiro atoms. The molecule has 0 aromatic heterocycles. The zero-order valence-corrected chi connectivity index (χ0v) is 45.1. The number of piperidine rings is 5. The summed E-state index contributed by atoms with van der Waals surface area (Å²) in [6, 6.07) is 24.6. The van der Waals surface area contributed by atoms with Gasteiger partial charge in [-0.05, 0) is 262 Å². The van der Waals surface area contributed by atoms with Crippen molar-refractivity contribution in [2.24, 2.45) is 0 Å². The van der Waals surface area contributed by atoms with Crippen molar-refractivity contribution >= 4 is 58.0 Å². The van der Waals surface area contributed by atoms with Crippen molar-refractivity contribution in [3.05, 3.63) is 173 Å². The molecule has 5 nitrogen and oxygen atoms in total. The van der Waals surface area contributed by atoms with E-state index in [1.165, 1.54) is 42.7 Å². The molecular formula is C57H69Cl5F5N5. The normalized spacial score (nSPS) is 18.8. The lowest BCUT2D eigenvalue weighted by atomic mass is 9.89. The Morgan fingerprint density at radius 3 is 1.29 bits per heavy atom. The molecule has 0 amide bonds. The largest absolute Gasteiger partial charge is 0.317 e. The molecule has 392 valence electrons. The molecule has 5 saturated heterocycles. The van der Waals surface area contributed by atoms with Gasteiger partial charge < -0.3 is 25.8 Å². The topological polar surface area (TPSA) is 42.6 Å². The molecule has 5 fully saturated rings. The van der Waals surface area contributed by atoms with Crippen LogP contribution in [0.5, 0.6) is 0 Å². The van der Waals surface area contributed by atoms with Crippen molar-refractivity contribution in [3.63, 3.8) is 0 Å².